The maximum absolute atomic E-state index is 13.7. The van der Waals surface area contributed by atoms with Crippen LogP contribution in [-0.2, 0) is 6.42 Å². The Kier molecular flexibility index (Phi) is 3.74. The lowest BCUT2D eigenvalue weighted by Crippen LogP contribution is -2.36. The van der Waals surface area contributed by atoms with Gasteiger partial charge in [0, 0.05) is 23.2 Å². The van der Waals surface area contributed by atoms with Crippen molar-refractivity contribution < 1.29 is 9.18 Å². The number of rotatable bonds is 3. The third kappa shape index (κ3) is 2.80. The summed E-state index contributed by atoms with van der Waals surface area (Å²) in [6.45, 7) is 1.85. The first-order valence-corrected chi connectivity index (χ1v) is 9.59. The molecule has 0 spiro atoms. The van der Waals surface area contributed by atoms with Gasteiger partial charge in [0.25, 0.3) is 5.91 Å². The van der Waals surface area contributed by atoms with Gasteiger partial charge >= 0.3 is 0 Å². The molecule has 0 N–H and O–H groups in total. The molecule has 1 heterocycles. The van der Waals surface area contributed by atoms with Crippen LogP contribution in [-0.4, -0.2) is 21.8 Å². The Hall–Kier alpha value is -2.75. The van der Waals surface area contributed by atoms with Gasteiger partial charge in [-0.1, -0.05) is 24.3 Å². The Labute approximate surface area is 157 Å². The molecule has 1 saturated carbocycles. The van der Waals surface area contributed by atoms with Crippen molar-refractivity contribution in [3.63, 3.8) is 0 Å². The van der Waals surface area contributed by atoms with E-state index < -0.39 is 0 Å². The van der Waals surface area contributed by atoms with Crippen LogP contribution < -0.4 is 0 Å². The van der Waals surface area contributed by atoms with E-state index in [1.165, 1.54) is 23.3 Å². The second-order valence-corrected chi connectivity index (χ2v) is 7.67. The molecule has 2 aliphatic carbocycles. The predicted molar refractivity (Wildman–Crippen MR) is 103 cm³/mol. The molecule has 3 nitrogen and oxygen atoms in total. The van der Waals surface area contributed by atoms with Gasteiger partial charge in [0.1, 0.15) is 5.82 Å². The molecule has 1 atom stereocenters. The summed E-state index contributed by atoms with van der Waals surface area (Å²) < 4.78 is 13.7. The molecular weight excluding hydrogens is 339 g/mol. The third-order valence-corrected chi connectivity index (χ3v) is 5.74. The SMILES string of the molecule is Cc1cc(C(=O)N(C2CC2)C2CCc3ccccc32)c2ccc(F)cc2n1. The van der Waals surface area contributed by atoms with Crippen LogP contribution in [0.1, 0.15) is 52.5 Å². The number of hydrogen-bond donors (Lipinski definition) is 0. The van der Waals surface area contributed by atoms with E-state index in [-0.39, 0.29) is 17.8 Å². The molecule has 1 amide bonds. The first kappa shape index (κ1) is 16.4. The van der Waals surface area contributed by atoms with E-state index in [4.69, 9.17) is 0 Å². The monoisotopic (exact) mass is 360 g/mol. The highest BCUT2D eigenvalue weighted by molar-refractivity contribution is 6.06. The number of carbonyl (C=O) groups excluding carboxylic acids is 1. The summed E-state index contributed by atoms with van der Waals surface area (Å²) >= 11 is 0. The number of benzene rings is 2. The van der Waals surface area contributed by atoms with Gasteiger partial charge in [-0.05, 0) is 61.9 Å². The number of amides is 1. The fraction of sp³-hybridized carbons (Fsp3) is 0.304. The van der Waals surface area contributed by atoms with Gasteiger partial charge in [-0.25, -0.2) is 4.39 Å². The van der Waals surface area contributed by atoms with E-state index in [0.717, 1.165) is 36.8 Å². The maximum Gasteiger partial charge on any atom is 0.255 e. The zero-order chi connectivity index (χ0) is 18.5. The molecule has 0 saturated heterocycles. The molecule has 0 bridgehead atoms. The number of aryl methyl sites for hydroxylation is 2. The molecule has 5 rings (SSSR count). The predicted octanol–water partition coefficient (Wildman–Crippen LogP) is 4.97. The lowest BCUT2D eigenvalue weighted by molar-refractivity contribution is 0.0660. The van der Waals surface area contributed by atoms with Crippen LogP contribution in [0.4, 0.5) is 4.39 Å². The van der Waals surface area contributed by atoms with Crippen LogP contribution in [0.3, 0.4) is 0 Å². The zero-order valence-corrected chi connectivity index (χ0v) is 15.3. The van der Waals surface area contributed by atoms with Crippen LogP contribution in [0.2, 0.25) is 0 Å². The molecule has 27 heavy (non-hydrogen) atoms. The van der Waals surface area contributed by atoms with Crippen molar-refractivity contribution in [1.82, 2.24) is 9.88 Å². The van der Waals surface area contributed by atoms with E-state index in [9.17, 15) is 9.18 Å². The Morgan fingerprint density at radius 2 is 1.93 bits per heavy atom. The molecular formula is C23H21FN2O. The van der Waals surface area contributed by atoms with Crippen molar-refractivity contribution in [2.75, 3.05) is 0 Å². The normalized spacial score (nSPS) is 18.5. The number of aromatic nitrogens is 1. The van der Waals surface area contributed by atoms with Crippen molar-refractivity contribution >= 4 is 16.8 Å². The Morgan fingerprint density at radius 3 is 2.74 bits per heavy atom. The molecule has 136 valence electrons. The van der Waals surface area contributed by atoms with Crippen LogP contribution >= 0.6 is 0 Å². The van der Waals surface area contributed by atoms with Gasteiger partial charge < -0.3 is 4.90 Å². The average Bonchev–Trinajstić information content (AvgIpc) is 3.40. The van der Waals surface area contributed by atoms with E-state index in [1.54, 1.807) is 6.07 Å². The Balaban J connectivity index is 1.61. The summed E-state index contributed by atoms with van der Waals surface area (Å²) in [4.78, 5) is 20.2. The zero-order valence-electron chi connectivity index (χ0n) is 15.3. The van der Waals surface area contributed by atoms with Gasteiger partial charge in [0.15, 0.2) is 0 Å². The molecule has 3 aromatic rings. The fourth-order valence-electron chi connectivity index (χ4n) is 4.39. The lowest BCUT2D eigenvalue weighted by atomic mass is 10.0. The lowest BCUT2D eigenvalue weighted by Gasteiger charge is -2.30. The van der Waals surface area contributed by atoms with Crippen LogP contribution in [0.15, 0.2) is 48.5 Å². The second-order valence-electron chi connectivity index (χ2n) is 7.67. The molecule has 4 heteroatoms. The van der Waals surface area contributed by atoms with Crippen molar-refractivity contribution in [2.24, 2.45) is 0 Å². The van der Waals surface area contributed by atoms with E-state index in [2.05, 4.69) is 34.1 Å². The number of nitrogens with zero attached hydrogens (tertiary/aromatic N) is 2. The smallest absolute Gasteiger partial charge is 0.255 e. The van der Waals surface area contributed by atoms with Crippen LogP contribution in [0, 0.1) is 12.7 Å². The molecule has 1 aromatic heterocycles. The number of hydrogen-bond acceptors (Lipinski definition) is 2. The average molecular weight is 360 g/mol. The minimum atomic E-state index is -0.331. The Morgan fingerprint density at radius 1 is 1.11 bits per heavy atom. The summed E-state index contributed by atoms with van der Waals surface area (Å²) in [5.74, 6) is -0.288. The van der Waals surface area contributed by atoms with Crippen molar-refractivity contribution in [1.29, 1.82) is 0 Å². The van der Waals surface area contributed by atoms with Crippen molar-refractivity contribution in [2.45, 2.75) is 44.7 Å². The number of fused-ring (bicyclic) bond motifs is 2. The molecule has 1 unspecified atom stereocenters. The molecule has 0 aliphatic heterocycles. The topological polar surface area (TPSA) is 33.2 Å². The van der Waals surface area contributed by atoms with Gasteiger partial charge in [-0.3, -0.25) is 9.78 Å². The molecule has 2 aromatic carbocycles. The largest absolute Gasteiger partial charge is 0.329 e. The first-order valence-electron chi connectivity index (χ1n) is 9.59. The van der Waals surface area contributed by atoms with E-state index in [0.29, 0.717) is 17.1 Å². The first-order chi connectivity index (χ1) is 13.1. The van der Waals surface area contributed by atoms with Crippen molar-refractivity contribution in [3.05, 3.63) is 76.7 Å². The van der Waals surface area contributed by atoms with Crippen LogP contribution in [0.5, 0.6) is 0 Å². The Bertz CT molecular complexity index is 1050. The van der Waals surface area contributed by atoms with Crippen LogP contribution in [0.25, 0.3) is 10.9 Å². The van der Waals surface area contributed by atoms with Gasteiger partial charge in [-0.2, -0.15) is 0 Å². The highest BCUT2D eigenvalue weighted by Gasteiger charge is 2.41. The van der Waals surface area contributed by atoms with E-state index in [1.807, 2.05) is 13.0 Å². The number of halogens is 1. The number of carbonyl (C=O) groups is 1. The summed E-state index contributed by atoms with van der Waals surface area (Å²) in [7, 11) is 0. The standard InChI is InChI=1S/C23H21FN2O/c1-14-12-20(19-10-7-16(24)13-21(19)25-14)23(27)26(17-8-9-17)22-11-6-15-4-2-3-5-18(15)22/h2-5,7,10,12-13,17,22H,6,8-9,11H2,1H3. The highest BCUT2D eigenvalue weighted by Crippen LogP contribution is 2.43. The fourth-order valence-corrected chi connectivity index (χ4v) is 4.39. The second kappa shape index (κ2) is 6.15. The summed E-state index contributed by atoms with van der Waals surface area (Å²) in [6.07, 6.45) is 4.10. The maximum atomic E-state index is 13.7. The summed E-state index contributed by atoms with van der Waals surface area (Å²) in [6, 6.07) is 15.2. The molecule has 1 fully saturated rings. The minimum absolute atomic E-state index is 0.0429. The van der Waals surface area contributed by atoms with Gasteiger partial charge in [0.05, 0.1) is 17.1 Å². The quantitative estimate of drug-likeness (QED) is 0.660. The van der Waals surface area contributed by atoms with Crippen molar-refractivity contribution in [3.8, 4) is 0 Å². The molecule has 2 aliphatic rings. The van der Waals surface area contributed by atoms with Gasteiger partial charge in [-0.15, -0.1) is 0 Å². The number of pyridine rings is 1. The highest BCUT2D eigenvalue weighted by atomic mass is 19.1. The van der Waals surface area contributed by atoms with E-state index >= 15 is 0 Å². The third-order valence-electron chi connectivity index (χ3n) is 5.74. The van der Waals surface area contributed by atoms with Gasteiger partial charge in [0.2, 0.25) is 0 Å². The summed E-state index contributed by atoms with van der Waals surface area (Å²) in [5, 5.41) is 0.726. The molecule has 0 radical (unpaired) electrons. The minimum Gasteiger partial charge on any atom is -0.329 e. The summed E-state index contributed by atoms with van der Waals surface area (Å²) in [5.41, 5.74) is 4.53.